The standard InChI is InChI=1S/C14H19NO3/c1-10-5-4-6-12(7-10)15(3)13(16)8-11(2)9-14(17)18/h4-7,11H,8-9H2,1-3H3,(H,17,18). The zero-order valence-electron chi connectivity index (χ0n) is 11.0. The summed E-state index contributed by atoms with van der Waals surface area (Å²) < 4.78 is 0. The van der Waals surface area contributed by atoms with E-state index in [0.717, 1.165) is 11.3 Å². The Labute approximate surface area is 107 Å². The maximum absolute atomic E-state index is 12.0. The molecule has 0 aliphatic rings. The van der Waals surface area contributed by atoms with E-state index in [9.17, 15) is 9.59 Å². The number of benzene rings is 1. The highest BCUT2D eigenvalue weighted by Crippen LogP contribution is 2.17. The number of carboxylic acid groups (broad SMARTS) is 1. The SMILES string of the molecule is Cc1cccc(N(C)C(=O)CC(C)CC(=O)O)c1. The van der Waals surface area contributed by atoms with Gasteiger partial charge in [0, 0.05) is 25.6 Å². The van der Waals surface area contributed by atoms with Gasteiger partial charge in [-0.25, -0.2) is 0 Å². The molecule has 0 radical (unpaired) electrons. The third-order valence-electron chi connectivity index (χ3n) is 2.81. The lowest BCUT2D eigenvalue weighted by Gasteiger charge is -2.19. The fourth-order valence-corrected chi connectivity index (χ4v) is 1.79. The molecule has 1 aromatic rings. The van der Waals surface area contributed by atoms with E-state index in [4.69, 9.17) is 5.11 Å². The topological polar surface area (TPSA) is 57.6 Å². The molecule has 0 fully saturated rings. The molecule has 18 heavy (non-hydrogen) atoms. The van der Waals surface area contributed by atoms with Crippen LogP contribution in [0, 0.1) is 12.8 Å². The van der Waals surface area contributed by atoms with Crippen LogP contribution in [-0.4, -0.2) is 24.0 Å². The molecule has 1 aromatic carbocycles. The summed E-state index contributed by atoms with van der Waals surface area (Å²) in [5, 5.41) is 8.66. The number of aryl methyl sites for hydroxylation is 1. The molecule has 1 atom stereocenters. The Kier molecular flexibility index (Phi) is 4.89. The Hall–Kier alpha value is -1.84. The summed E-state index contributed by atoms with van der Waals surface area (Å²) in [6.07, 6.45) is 0.268. The van der Waals surface area contributed by atoms with Crippen molar-refractivity contribution in [3.05, 3.63) is 29.8 Å². The van der Waals surface area contributed by atoms with Crippen molar-refractivity contribution in [1.82, 2.24) is 0 Å². The van der Waals surface area contributed by atoms with Crippen LogP contribution >= 0.6 is 0 Å². The van der Waals surface area contributed by atoms with E-state index in [-0.39, 0.29) is 24.7 Å². The fraction of sp³-hybridized carbons (Fsp3) is 0.429. The third kappa shape index (κ3) is 4.20. The number of anilines is 1. The van der Waals surface area contributed by atoms with E-state index in [1.165, 1.54) is 0 Å². The molecule has 0 saturated heterocycles. The van der Waals surface area contributed by atoms with Crippen LogP contribution in [0.15, 0.2) is 24.3 Å². The van der Waals surface area contributed by atoms with Crippen LogP contribution in [0.1, 0.15) is 25.3 Å². The lowest BCUT2D eigenvalue weighted by molar-refractivity contribution is -0.138. The van der Waals surface area contributed by atoms with Crippen molar-refractivity contribution in [1.29, 1.82) is 0 Å². The molecule has 0 aromatic heterocycles. The van der Waals surface area contributed by atoms with Gasteiger partial charge in [0.05, 0.1) is 0 Å². The van der Waals surface area contributed by atoms with E-state index < -0.39 is 5.97 Å². The van der Waals surface area contributed by atoms with Crippen molar-refractivity contribution in [2.24, 2.45) is 5.92 Å². The average molecular weight is 249 g/mol. The van der Waals surface area contributed by atoms with E-state index >= 15 is 0 Å². The predicted octanol–water partition coefficient (Wildman–Crippen LogP) is 2.46. The first-order valence-corrected chi connectivity index (χ1v) is 5.95. The number of hydrogen-bond acceptors (Lipinski definition) is 2. The summed E-state index contributed by atoms with van der Waals surface area (Å²) in [4.78, 5) is 24.1. The second kappa shape index (κ2) is 6.19. The lowest BCUT2D eigenvalue weighted by atomic mass is 10.0. The molecule has 98 valence electrons. The number of amides is 1. The highest BCUT2D eigenvalue weighted by atomic mass is 16.4. The van der Waals surface area contributed by atoms with Crippen LogP contribution in [0.4, 0.5) is 5.69 Å². The van der Waals surface area contributed by atoms with Gasteiger partial charge in [0.1, 0.15) is 0 Å². The van der Waals surface area contributed by atoms with E-state index in [1.807, 2.05) is 31.2 Å². The Morgan fingerprint density at radius 2 is 2.00 bits per heavy atom. The second-order valence-corrected chi connectivity index (χ2v) is 4.70. The van der Waals surface area contributed by atoms with Gasteiger partial charge in [-0.05, 0) is 30.5 Å². The first-order chi connectivity index (χ1) is 8.40. The molecule has 1 unspecified atom stereocenters. The minimum atomic E-state index is -0.867. The molecule has 4 nitrogen and oxygen atoms in total. The monoisotopic (exact) mass is 249 g/mol. The molecule has 0 aliphatic heterocycles. The van der Waals surface area contributed by atoms with Crippen LogP contribution in [0.2, 0.25) is 0 Å². The molecular formula is C14H19NO3. The number of carboxylic acids is 1. The van der Waals surface area contributed by atoms with Gasteiger partial charge in [-0.2, -0.15) is 0 Å². The largest absolute Gasteiger partial charge is 0.481 e. The zero-order chi connectivity index (χ0) is 13.7. The maximum Gasteiger partial charge on any atom is 0.303 e. The van der Waals surface area contributed by atoms with Crippen molar-refractivity contribution in [3.63, 3.8) is 0 Å². The van der Waals surface area contributed by atoms with E-state index in [2.05, 4.69) is 0 Å². The Morgan fingerprint density at radius 1 is 1.33 bits per heavy atom. The highest BCUT2D eigenvalue weighted by Gasteiger charge is 2.16. The maximum atomic E-state index is 12.0. The van der Waals surface area contributed by atoms with Gasteiger partial charge in [-0.15, -0.1) is 0 Å². The van der Waals surface area contributed by atoms with Crippen molar-refractivity contribution in [3.8, 4) is 0 Å². The second-order valence-electron chi connectivity index (χ2n) is 4.70. The molecule has 0 aliphatic carbocycles. The number of nitrogens with zero attached hydrogens (tertiary/aromatic N) is 1. The molecular weight excluding hydrogens is 230 g/mol. The molecule has 1 rings (SSSR count). The average Bonchev–Trinajstić information content (AvgIpc) is 2.26. The summed E-state index contributed by atoms with van der Waals surface area (Å²) in [6.45, 7) is 3.74. The van der Waals surface area contributed by atoms with Crippen LogP contribution in [0.3, 0.4) is 0 Å². The van der Waals surface area contributed by atoms with E-state index in [1.54, 1.807) is 18.9 Å². The van der Waals surface area contributed by atoms with Crippen LogP contribution in [0.5, 0.6) is 0 Å². The third-order valence-corrected chi connectivity index (χ3v) is 2.81. The lowest BCUT2D eigenvalue weighted by Crippen LogP contribution is -2.28. The summed E-state index contributed by atoms with van der Waals surface area (Å²) in [6, 6.07) is 7.66. The molecule has 0 spiro atoms. The minimum absolute atomic E-state index is 0.0212. The summed E-state index contributed by atoms with van der Waals surface area (Å²) in [5.41, 5.74) is 1.92. The van der Waals surface area contributed by atoms with Gasteiger partial charge in [0.2, 0.25) is 5.91 Å². The molecule has 1 N–H and O–H groups in total. The van der Waals surface area contributed by atoms with E-state index in [0.29, 0.717) is 0 Å². The first-order valence-electron chi connectivity index (χ1n) is 5.95. The van der Waals surface area contributed by atoms with Crippen molar-refractivity contribution >= 4 is 17.6 Å². The molecule has 0 heterocycles. The number of carbonyl (C=O) groups excluding carboxylic acids is 1. The molecule has 0 saturated carbocycles. The van der Waals surface area contributed by atoms with Crippen LogP contribution < -0.4 is 4.90 Å². The summed E-state index contributed by atoms with van der Waals surface area (Å²) in [7, 11) is 1.71. The Bertz CT molecular complexity index is 442. The van der Waals surface area contributed by atoms with Crippen molar-refractivity contribution in [2.75, 3.05) is 11.9 Å². The Balaban J connectivity index is 2.64. The quantitative estimate of drug-likeness (QED) is 0.872. The van der Waals surface area contributed by atoms with Gasteiger partial charge >= 0.3 is 5.97 Å². The molecule has 1 amide bonds. The predicted molar refractivity (Wildman–Crippen MR) is 70.6 cm³/mol. The minimum Gasteiger partial charge on any atom is -0.481 e. The summed E-state index contributed by atoms with van der Waals surface area (Å²) >= 11 is 0. The number of carbonyl (C=O) groups is 2. The van der Waals surface area contributed by atoms with Crippen LogP contribution in [0.25, 0.3) is 0 Å². The van der Waals surface area contributed by atoms with Gasteiger partial charge in [0.25, 0.3) is 0 Å². The number of rotatable bonds is 5. The zero-order valence-corrected chi connectivity index (χ0v) is 11.0. The molecule has 0 bridgehead atoms. The van der Waals surface area contributed by atoms with Crippen LogP contribution in [-0.2, 0) is 9.59 Å². The normalized spacial score (nSPS) is 11.9. The highest BCUT2D eigenvalue weighted by molar-refractivity contribution is 5.93. The number of aliphatic carboxylic acids is 1. The van der Waals surface area contributed by atoms with Crippen molar-refractivity contribution < 1.29 is 14.7 Å². The van der Waals surface area contributed by atoms with Gasteiger partial charge in [-0.3, -0.25) is 9.59 Å². The van der Waals surface area contributed by atoms with Gasteiger partial charge in [0.15, 0.2) is 0 Å². The first kappa shape index (κ1) is 14.2. The van der Waals surface area contributed by atoms with Gasteiger partial charge in [-0.1, -0.05) is 19.1 Å². The molecule has 4 heteroatoms. The summed E-state index contributed by atoms with van der Waals surface area (Å²) in [5.74, 6) is -1.08. The smallest absolute Gasteiger partial charge is 0.303 e. The van der Waals surface area contributed by atoms with Crippen molar-refractivity contribution in [2.45, 2.75) is 26.7 Å². The number of hydrogen-bond donors (Lipinski definition) is 1. The Morgan fingerprint density at radius 3 is 2.56 bits per heavy atom. The van der Waals surface area contributed by atoms with Gasteiger partial charge < -0.3 is 10.0 Å². The fourth-order valence-electron chi connectivity index (χ4n) is 1.79.